The van der Waals surface area contributed by atoms with Crippen LogP contribution in [-0.2, 0) is 14.3 Å². The molecular formula is C20H15FN2O5. The lowest BCUT2D eigenvalue weighted by molar-refractivity contribution is -0.384. The molecule has 0 unspecified atom stereocenters. The van der Waals surface area contributed by atoms with Gasteiger partial charge in [0.25, 0.3) is 11.6 Å². The largest absolute Gasteiger partial charge is 0.465 e. The van der Waals surface area contributed by atoms with Crippen LogP contribution in [0.1, 0.15) is 12.5 Å². The maximum absolute atomic E-state index is 14.3. The fourth-order valence-electron chi connectivity index (χ4n) is 2.96. The Hall–Kier alpha value is -3.81. The summed E-state index contributed by atoms with van der Waals surface area (Å²) in [6.45, 7) is 1.52. The number of esters is 1. The number of carbonyl (C=O) groups is 2. The van der Waals surface area contributed by atoms with Gasteiger partial charge in [0, 0.05) is 17.8 Å². The molecule has 0 atom stereocenters. The number of nitro groups is 1. The zero-order valence-electron chi connectivity index (χ0n) is 15.0. The van der Waals surface area contributed by atoms with Crippen molar-refractivity contribution in [1.82, 2.24) is 0 Å². The Morgan fingerprint density at radius 2 is 1.82 bits per heavy atom. The summed E-state index contributed by atoms with van der Waals surface area (Å²) in [4.78, 5) is 36.7. The molecular weight excluding hydrogens is 367 g/mol. The maximum atomic E-state index is 14.3. The number of methoxy groups -OCH3 is 1. The summed E-state index contributed by atoms with van der Waals surface area (Å²) in [5.41, 5.74) is 0.635. The monoisotopic (exact) mass is 382 g/mol. The summed E-state index contributed by atoms with van der Waals surface area (Å²) in [7, 11) is 1.18. The third-order valence-electron chi connectivity index (χ3n) is 4.30. The Morgan fingerprint density at radius 1 is 1.18 bits per heavy atom. The van der Waals surface area contributed by atoms with Crippen LogP contribution >= 0.6 is 0 Å². The number of nitrogens with zero attached hydrogens (tertiary/aromatic N) is 2. The number of para-hydroxylation sites is 1. The second-order valence-corrected chi connectivity index (χ2v) is 5.95. The van der Waals surface area contributed by atoms with Crippen molar-refractivity contribution in [2.75, 3.05) is 12.0 Å². The lowest BCUT2D eigenvalue weighted by Gasteiger charge is -2.18. The highest BCUT2D eigenvalue weighted by molar-refractivity contribution is 6.23. The van der Waals surface area contributed by atoms with Gasteiger partial charge in [0.15, 0.2) is 0 Å². The third-order valence-corrected chi connectivity index (χ3v) is 4.30. The highest BCUT2D eigenvalue weighted by atomic mass is 19.1. The Morgan fingerprint density at radius 3 is 2.39 bits per heavy atom. The molecule has 8 heteroatoms. The fraction of sp³-hybridized carbons (Fsp3) is 0.100. The standard InChI is InChI=1S/C20H15FN2O5/c1-12-18(20(25)28-2)15(11-13-7-9-14(10-8-13)23(26)27)19(24)22(12)17-6-4-3-5-16(17)21/h3-11H,1-2H3/b15-11-. The minimum atomic E-state index is -0.738. The quantitative estimate of drug-likeness (QED) is 0.349. The van der Waals surface area contributed by atoms with E-state index in [4.69, 9.17) is 4.74 Å². The average Bonchev–Trinajstić information content (AvgIpc) is 2.92. The first kappa shape index (κ1) is 19.0. The van der Waals surface area contributed by atoms with Gasteiger partial charge in [-0.2, -0.15) is 0 Å². The first-order chi connectivity index (χ1) is 13.3. The number of amides is 1. The average molecular weight is 382 g/mol. The number of non-ortho nitro benzene ring substituents is 1. The van der Waals surface area contributed by atoms with Gasteiger partial charge in [0.2, 0.25) is 0 Å². The van der Waals surface area contributed by atoms with Gasteiger partial charge in [-0.05, 0) is 42.8 Å². The van der Waals surface area contributed by atoms with Gasteiger partial charge >= 0.3 is 5.97 Å². The fourth-order valence-corrected chi connectivity index (χ4v) is 2.96. The highest BCUT2D eigenvalue weighted by Gasteiger charge is 2.38. The predicted molar refractivity (Wildman–Crippen MR) is 99.7 cm³/mol. The van der Waals surface area contributed by atoms with Crippen LogP contribution in [0.4, 0.5) is 15.8 Å². The lowest BCUT2D eigenvalue weighted by atomic mass is 10.0. The molecule has 1 heterocycles. The van der Waals surface area contributed by atoms with Crippen LogP contribution in [0.25, 0.3) is 6.08 Å². The second-order valence-electron chi connectivity index (χ2n) is 5.95. The maximum Gasteiger partial charge on any atom is 0.340 e. The number of carbonyl (C=O) groups excluding carboxylic acids is 2. The molecule has 7 nitrogen and oxygen atoms in total. The molecule has 0 N–H and O–H groups in total. The van der Waals surface area contributed by atoms with E-state index in [1.165, 1.54) is 62.6 Å². The molecule has 0 spiro atoms. The van der Waals surface area contributed by atoms with Crippen LogP contribution in [0.2, 0.25) is 0 Å². The number of nitro benzene ring substituents is 1. The van der Waals surface area contributed by atoms with Crippen LogP contribution in [-0.4, -0.2) is 23.9 Å². The topological polar surface area (TPSA) is 89.8 Å². The molecule has 0 bridgehead atoms. The molecule has 3 rings (SSSR count). The highest BCUT2D eigenvalue weighted by Crippen LogP contribution is 2.36. The Kier molecular flexibility index (Phi) is 5.04. The molecule has 0 radical (unpaired) electrons. The smallest absolute Gasteiger partial charge is 0.340 e. The summed E-state index contributed by atoms with van der Waals surface area (Å²) in [5.74, 6) is -1.95. The first-order valence-corrected chi connectivity index (χ1v) is 8.20. The minimum absolute atomic E-state index is 0.00843. The van der Waals surface area contributed by atoms with E-state index in [0.29, 0.717) is 5.56 Å². The predicted octanol–water partition coefficient (Wildman–Crippen LogP) is 3.61. The summed E-state index contributed by atoms with van der Waals surface area (Å²) in [6.07, 6.45) is 1.42. The van der Waals surface area contributed by atoms with E-state index in [1.807, 2.05) is 0 Å². The number of rotatable bonds is 4. The van der Waals surface area contributed by atoms with Crippen LogP contribution in [0.15, 0.2) is 65.4 Å². The molecule has 0 fully saturated rings. The molecule has 142 valence electrons. The van der Waals surface area contributed by atoms with E-state index in [1.54, 1.807) is 6.07 Å². The molecule has 1 amide bonds. The van der Waals surface area contributed by atoms with Crippen molar-refractivity contribution in [3.63, 3.8) is 0 Å². The second kappa shape index (κ2) is 7.43. The van der Waals surface area contributed by atoms with Crippen LogP contribution in [0, 0.1) is 15.9 Å². The van der Waals surface area contributed by atoms with E-state index >= 15 is 0 Å². The number of hydrogen-bond donors (Lipinski definition) is 0. The molecule has 0 aromatic heterocycles. The summed E-state index contributed by atoms with van der Waals surface area (Å²) >= 11 is 0. The van der Waals surface area contributed by atoms with E-state index in [9.17, 15) is 24.1 Å². The Labute approximate surface area is 159 Å². The van der Waals surface area contributed by atoms with Gasteiger partial charge in [0.05, 0.1) is 28.9 Å². The normalized spacial score (nSPS) is 15.3. The summed E-state index contributed by atoms with van der Waals surface area (Å²) in [5, 5.41) is 10.8. The number of anilines is 1. The van der Waals surface area contributed by atoms with E-state index < -0.39 is 22.6 Å². The van der Waals surface area contributed by atoms with Gasteiger partial charge in [-0.25, -0.2) is 9.18 Å². The minimum Gasteiger partial charge on any atom is -0.465 e. The van der Waals surface area contributed by atoms with Crippen molar-refractivity contribution in [3.05, 3.63) is 86.9 Å². The summed E-state index contributed by atoms with van der Waals surface area (Å²) in [6, 6.07) is 11.2. The number of halogens is 1. The SMILES string of the molecule is COC(=O)C1=C(C)N(c2ccccc2F)C(=O)/C1=C\c1ccc([N+](=O)[O-])cc1. The van der Waals surface area contributed by atoms with Crippen molar-refractivity contribution >= 4 is 29.3 Å². The van der Waals surface area contributed by atoms with Crippen molar-refractivity contribution in [1.29, 1.82) is 0 Å². The molecule has 2 aromatic rings. The van der Waals surface area contributed by atoms with Crippen molar-refractivity contribution in [2.45, 2.75) is 6.92 Å². The lowest BCUT2D eigenvalue weighted by Crippen LogP contribution is -2.25. The molecule has 1 aliphatic rings. The van der Waals surface area contributed by atoms with Crippen LogP contribution < -0.4 is 4.90 Å². The molecule has 28 heavy (non-hydrogen) atoms. The van der Waals surface area contributed by atoms with E-state index in [2.05, 4.69) is 0 Å². The van der Waals surface area contributed by atoms with Crippen molar-refractivity contribution < 1.29 is 23.6 Å². The molecule has 0 saturated heterocycles. The number of benzene rings is 2. The van der Waals surface area contributed by atoms with Gasteiger partial charge in [0.1, 0.15) is 5.82 Å². The molecule has 2 aromatic carbocycles. The molecule has 1 aliphatic heterocycles. The molecule has 0 aliphatic carbocycles. The van der Waals surface area contributed by atoms with Crippen molar-refractivity contribution in [3.8, 4) is 0 Å². The Bertz CT molecular complexity index is 1040. The van der Waals surface area contributed by atoms with Crippen LogP contribution in [0.3, 0.4) is 0 Å². The van der Waals surface area contributed by atoms with E-state index in [-0.39, 0.29) is 28.2 Å². The zero-order chi connectivity index (χ0) is 20.4. The number of hydrogen-bond acceptors (Lipinski definition) is 5. The number of ether oxygens (including phenoxy) is 1. The third kappa shape index (κ3) is 3.27. The van der Waals surface area contributed by atoms with Crippen molar-refractivity contribution in [2.24, 2.45) is 0 Å². The van der Waals surface area contributed by atoms with Gasteiger partial charge in [-0.1, -0.05) is 12.1 Å². The van der Waals surface area contributed by atoms with Gasteiger partial charge in [-0.3, -0.25) is 19.8 Å². The summed E-state index contributed by atoms with van der Waals surface area (Å²) < 4.78 is 19.0. The molecule has 0 saturated carbocycles. The van der Waals surface area contributed by atoms with Gasteiger partial charge in [-0.15, -0.1) is 0 Å². The Balaban J connectivity index is 2.12. The van der Waals surface area contributed by atoms with Gasteiger partial charge < -0.3 is 4.74 Å². The zero-order valence-corrected chi connectivity index (χ0v) is 15.0. The van der Waals surface area contributed by atoms with Crippen LogP contribution in [0.5, 0.6) is 0 Å². The van der Waals surface area contributed by atoms with E-state index in [0.717, 1.165) is 4.90 Å². The first-order valence-electron chi connectivity index (χ1n) is 8.20. The number of allylic oxidation sites excluding steroid dienone is 1.